The van der Waals surface area contributed by atoms with E-state index in [1.807, 2.05) is 19.1 Å². The number of anilines is 3. The number of hydrogen-bond donors (Lipinski definition) is 2. The molecule has 0 bridgehead atoms. The maximum Gasteiger partial charge on any atom is 0.246 e. The van der Waals surface area contributed by atoms with E-state index >= 15 is 0 Å². The van der Waals surface area contributed by atoms with Crippen molar-refractivity contribution in [2.45, 2.75) is 32.2 Å². The molecule has 0 radical (unpaired) electrons. The highest BCUT2D eigenvalue weighted by Gasteiger charge is 2.15. The second-order valence-electron chi connectivity index (χ2n) is 6.29. The molecule has 1 aliphatic heterocycles. The van der Waals surface area contributed by atoms with Gasteiger partial charge in [0, 0.05) is 30.7 Å². The summed E-state index contributed by atoms with van der Waals surface area (Å²) in [6, 6.07) is 11.3. The van der Waals surface area contributed by atoms with Gasteiger partial charge in [0.05, 0.1) is 5.69 Å². The van der Waals surface area contributed by atoms with Crippen molar-refractivity contribution in [3.05, 3.63) is 47.7 Å². The van der Waals surface area contributed by atoms with Crippen molar-refractivity contribution in [1.29, 1.82) is 0 Å². The fourth-order valence-electron chi connectivity index (χ4n) is 2.96. The molecule has 0 aliphatic carbocycles. The van der Waals surface area contributed by atoms with E-state index in [-0.39, 0.29) is 11.1 Å². The minimum absolute atomic E-state index is 0.157. The Morgan fingerprint density at radius 3 is 2.56 bits per heavy atom. The molecule has 1 aliphatic rings. The largest absolute Gasteiger partial charge is 0.374 e. The maximum absolute atomic E-state index is 12.3. The Hall–Kier alpha value is -2.27. The maximum atomic E-state index is 12.3. The average Bonchev–Trinajstić information content (AvgIpc) is 2.65. The molecule has 6 heteroatoms. The van der Waals surface area contributed by atoms with Crippen LogP contribution < -0.4 is 15.5 Å². The number of amides is 1. The van der Waals surface area contributed by atoms with Crippen LogP contribution >= 0.6 is 11.6 Å². The van der Waals surface area contributed by atoms with Gasteiger partial charge in [0.2, 0.25) is 5.91 Å². The summed E-state index contributed by atoms with van der Waals surface area (Å²) in [5.41, 5.74) is 2.67. The quantitative estimate of drug-likeness (QED) is 0.788. The van der Waals surface area contributed by atoms with E-state index in [4.69, 9.17) is 11.6 Å². The normalized spacial score (nSPS) is 15.5. The van der Waals surface area contributed by atoms with Gasteiger partial charge in [0.25, 0.3) is 0 Å². The first kappa shape index (κ1) is 17.5. The van der Waals surface area contributed by atoms with E-state index < -0.39 is 6.04 Å². The van der Waals surface area contributed by atoms with Gasteiger partial charge < -0.3 is 15.5 Å². The Labute approximate surface area is 153 Å². The molecule has 2 N–H and O–H groups in total. The monoisotopic (exact) mass is 358 g/mol. The van der Waals surface area contributed by atoms with Gasteiger partial charge in [-0.1, -0.05) is 11.6 Å². The summed E-state index contributed by atoms with van der Waals surface area (Å²) in [6.07, 6.45) is 5.43. The van der Waals surface area contributed by atoms with Crippen LogP contribution in [0.15, 0.2) is 42.6 Å². The SMILES string of the molecule is CC(Nc1ccc(N2CCCCC2)cc1)C(=O)Nc1cccnc1Cl. The first-order chi connectivity index (χ1) is 12.1. The lowest BCUT2D eigenvalue weighted by atomic mass is 10.1. The second kappa shape index (κ2) is 8.21. The molecule has 1 aromatic carbocycles. The van der Waals surface area contributed by atoms with Crippen LogP contribution in [0.1, 0.15) is 26.2 Å². The first-order valence-corrected chi connectivity index (χ1v) is 9.04. The standard InChI is InChI=1S/C19H23ClN4O/c1-14(19(25)23-17-6-5-11-21-18(17)20)22-15-7-9-16(10-8-15)24-12-3-2-4-13-24/h5-11,14,22H,2-4,12-13H2,1H3,(H,23,25). The van der Waals surface area contributed by atoms with Gasteiger partial charge in [0.1, 0.15) is 6.04 Å². The number of rotatable bonds is 5. The van der Waals surface area contributed by atoms with E-state index in [9.17, 15) is 4.79 Å². The number of nitrogens with zero attached hydrogens (tertiary/aromatic N) is 2. The molecular weight excluding hydrogens is 336 g/mol. The molecule has 1 unspecified atom stereocenters. The Kier molecular flexibility index (Phi) is 5.76. The number of hydrogen-bond acceptors (Lipinski definition) is 4. The van der Waals surface area contributed by atoms with Crippen molar-refractivity contribution in [2.24, 2.45) is 0 Å². The summed E-state index contributed by atoms with van der Waals surface area (Å²) in [4.78, 5) is 18.7. The summed E-state index contributed by atoms with van der Waals surface area (Å²) >= 11 is 5.97. The van der Waals surface area contributed by atoms with Crippen LogP contribution in [0.4, 0.5) is 17.1 Å². The van der Waals surface area contributed by atoms with Crippen molar-refractivity contribution in [3.8, 4) is 0 Å². The van der Waals surface area contributed by atoms with Gasteiger partial charge in [-0.05, 0) is 62.6 Å². The number of benzene rings is 1. The molecule has 0 spiro atoms. The van der Waals surface area contributed by atoms with Gasteiger partial charge in [-0.3, -0.25) is 4.79 Å². The Morgan fingerprint density at radius 1 is 1.16 bits per heavy atom. The Morgan fingerprint density at radius 2 is 1.88 bits per heavy atom. The molecule has 25 heavy (non-hydrogen) atoms. The van der Waals surface area contributed by atoms with Gasteiger partial charge >= 0.3 is 0 Å². The molecule has 0 saturated carbocycles. The third kappa shape index (κ3) is 4.63. The van der Waals surface area contributed by atoms with Gasteiger partial charge in [-0.15, -0.1) is 0 Å². The number of piperidine rings is 1. The number of pyridine rings is 1. The first-order valence-electron chi connectivity index (χ1n) is 8.66. The zero-order valence-electron chi connectivity index (χ0n) is 14.3. The molecule has 132 valence electrons. The summed E-state index contributed by atoms with van der Waals surface area (Å²) in [5.74, 6) is -0.157. The topological polar surface area (TPSA) is 57.3 Å². The second-order valence-corrected chi connectivity index (χ2v) is 6.65. The number of nitrogens with one attached hydrogen (secondary N) is 2. The van der Waals surface area contributed by atoms with E-state index in [0.717, 1.165) is 18.8 Å². The molecule has 5 nitrogen and oxygen atoms in total. The van der Waals surface area contributed by atoms with Crippen LogP contribution in [0, 0.1) is 0 Å². The van der Waals surface area contributed by atoms with Crippen molar-refractivity contribution in [2.75, 3.05) is 28.6 Å². The highest BCUT2D eigenvalue weighted by molar-refractivity contribution is 6.32. The van der Waals surface area contributed by atoms with E-state index in [2.05, 4.69) is 32.7 Å². The zero-order chi connectivity index (χ0) is 17.6. The lowest BCUT2D eigenvalue weighted by molar-refractivity contribution is -0.116. The van der Waals surface area contributed by atoms with Crippen molar-refractivity contribution in [1.82, 2.24) is 4.98 Å². The van der Waals surface area contributed by atoms with E-state index in [1.54, 1.807) is 18.3 Å². The summed E-state index contributed by atoms with van der Waals surface area (Å²) in [7, 11) is 0. The van der Waals surface area contributed by atoms with Crippen LogP contribution in [-0.2, 0) is 4.79 Å². The fourth-order valence-corrected chi connectivity index (χ4v) is 3.12. The number of carbonyl (C=O) groups is 1. The van der Waals surface area contributed by atoms with Crippen molar-refractivity contribution in [3.63, 3.8) is 0 Å². The molecule has 1 aromatic heterocycles. The lowest BCUT2D eigenvalue weighted by Gasteiger charge is -2.29. The summed E-state index contributed by atoms with van der Waals surface area (Å²) in [5, 5.41) is 6.29. The molecule has 2 aromatic rings. The molecule has 1 atom stereocenters. The van der Waals surface area contributed by atoms with E-state index in [1.165, 1.54) is 24.9 Å². The smallest absolute Gasteiger partial charge is 0.246 e. The minimum Gasteiger partial charge on any atom is -0.374 e. The van der Waals surface area contributed by atoms with Gasteiger partial charge in [-0.25, -0.2) is 4.98 Å². The molecule has 1 saturated heterocycles. The highest BCUT2D eigenvalue weighted by Crippen LogP contribution is 2.22. The molecule has 2 heterocycles. The van der Waals surface area contributed by atoms with Crippen LogP contribution in [0.5, 0.6) is 0 Å². The third-order valence-corrected chi connectivity index (χ3v) is 4.68. The predicted molar refractivity (Wildman–Crippen MR) is 103 cm³/mol. The fraction of sp³-hybridized carbons (Fsp3) is 0.368. The van der Waals surface area contributed by atoms with Crippen molar-refractivity contribution < 1.29 is 4.79 Å². The third-order valence-electron chi connectivity index (χ3n) is 4.38. The van der Waals surface area contributed by atoms with Gasteiger partial charge in [-0.2, -0.15) is 0 Å². The zero-order valence-corrected chi connectivity index (χ0v) is 15.1. The Bertz CT molecular complexity index is 714. The van der Waals surface area contributed by atoms with Crippen LogP contribution in [0.3, 0.4) is 0 Å². The van der Waals surface area contributed by atoms with Crippen molar-refractivity contribution >= 4 is 34.6 Å². The van der Waals surface area contributed by atoms with Crippen LogP contribution in [-0.4, -0.2) is 30.0 Å². The summed E-state index contributed by atoms with van der Waals surface area (Å²) in [6.45, 7) is 4.06. The lowest BCUT2D eigenvalue weighted by Crippen LogP contribution is -2.32. The molecule has 3 rings (SSSR count). The number of halogens is 1. The average molecular weight is 359 g/mol. The highest BCUT2D eigenvalue weighted by atomic mass is 35.5. The summed E-state index contributed by atoms with van der Waals surface area (Å²) < 4.78 is 0. The number of aromatic nitrogens is 1. The van der Waals surface area contributed by atoms with Gasteiger partial charge in [0.15, 0.2) is 5.15 Å². The predicted octanol–water partition coefficient (Wildman–Crippen LogP) is 4.16. The number of carbonyl (C=O) groups excluding carboxylic acids is 1. The molecular formula is C19H23ClN4O. The van der Waals surface area contributed by atoms with E-state index in [0.29, 0.717) is 5.69 Å². The Balaban J connectivity index is 1.57. The molecule has 1 fully saturated rings. The minimum atomic E-state index is -0.392. The van der Waals surface area contributed by atoms with Crippen LogP contribution in [0.2, 0.25) is 5.15 Å². The molecule has 1 amide bonds. The van der Waals surface area contributed by atoms with Crippen LogP contribution in [0.25, 0.3) is 0 Å².